The molecule has 198 valence electrons. The summed E-state index contributed by atoms with van der Waals surface area (Å²) in [6.45, 7) is 2.30. The lowest BCUT2D eigenvalue weighted by Gasteiger charge is -2.21. The zero-order valence-electron chi connectivity index (χ0n) is 21.1. The molecule has 38 heavy (non-hydrogen) atoms. The van der Waals surface area contributed by atoms with Crippen LogP contribution in [0.3, 0.4) is 0 Å². The number of amides is 2. The van der Waals surface area contributed by atoms with Crippen LogP contribution in [0.4, 0.5) is 19.4 Å². The number of aromatic nitrogens is 4. The molecule has 2 aromatic carbocycles. The number of nitrogens with zero attached hydrogens (tertiary/aromatic N) is 5. The standard InChI is InChI=1S/C27H29F2N7O2/c1-34-15-19(14-30-34)24-13-26(36(33-24)20-6-4-3-5-7-20)32-27(37)31-25-17-35(10-11-38-2)16-21(25)18-8-9-22(28)23(29)12-18/h3-9,12-15,21,25H,10-11,16-17H2,1-2H3,(H2,31,32,37)/t21-,25+/m0/s1. The number of carbonyl (C=O) groups is 1. The minimum atomic E-state index is -0.907. The maximum atomic E-state index is 14.0. The van der Waals surface area contributed by atoms with Gasteiger partial charge in [-0.15, -0.1) is 0 Å². The number of ether oxygens (including phenoxy) is 1. The lowest BCUT2D eigenvalue weighted by molar-refractivity contribution is 0.159. The number of urea groups is 1. The Bertz CT molecular complexity index is 1410. The molecule has 3 heterocycles. The molecule has 11 heteroatoms. The fraction of sp³-hybridized carbons (Fsp3) is 0.296. The van der Waals surface area contributed by atoms with Gasteiger partial charge in [0.15, 0.2) is 11.6 Å². The number of anilines is 1. The molecular weight excluding hydrogens is 492 g/mol. The third kappa shape index (κ3) is 5.58. The Kier molecular flexibility index (Phi) is 7.47. The van der Waals surface area contributed by atoms with Crippen LogP contribution in [0.1, 0.15) is 11.5 Å². The van der Waals surface area contributed by atoms with Gasteiger partial charge in [-0.25, -0.2) is 18.3 Å². The van der Waals surface area contributed by atoms with Gasteiger partial charge in [0.25, 0.3) is 0 Å². The van der Waals surface area contributed by atoms with Gasteiger partial charge in [0.1, 0.15) is 5.82 Å². The van der Waals surface area contributed by atoms with Crippen LogP contribution in [0, 0.1) is 11.6 Å². The quantitative estimate of drug-likeness (QED) is 0.368. The predicted octanol–water partition coefficient (Wildman–Crippen LogP) is 3.79. The Hall–Kier alpha value is -4.09. The second-order valence-electron chi connectivity index (χ2n) is 9.30. The molecular formula is C27H29F2N7O2. The van der Waals surface area contributed by atoms with Gasteiger partial charge in [-0.2, -0.15) is 10.2 Å². The molecule has 0 bridgehead atoms. The lowest BCUT2D eigenvalue weighted by atomic mass is 9.94. The highest BCUT2D eigenvalue weighted by atomic mass is 19.2. The number of halogens is 2. The van der Waals surface area contributed by atoms with Gasteiger partial charge in [0.2, 0.25) is 0 Å². The molecule has 5 rings (SSSR count). The van der Waals surface area contributed by atoms with E-state index < -0.39 is 17.7 Å². The summed E-state index contributed by atoms with van der Waals surface area (Å²) in [4.78, 5) is 15.4. The monoisotopic (exact) mass is 521 g/mol. The van der Waals surface area contributed by atoms with E-state index in [4.69, 9.17) is 9.84 Å². The number of nitrogens with one attached hydrogen (secondary N) is 2. The van der Waals surface area contributed by atoms with E-state index in [1.807, 2.05) is 43.6 Å². The molecule has 0 radical (unpaired) electrons. The third-order valence-electron chi connectivity index (χ3n) is 6.65. The van der Waals surface area contributed by atoms with Crippen molar-refractivity contribution in [2.24, 2.45) is 7.05 Å². The summed E-state index contributed by atoms with van der Waals surface area (Å²) in [5.74, 6) is -1.55. The Morgan fingerprint density at radius 1 is 1.11 bits per heavy atom. The first kappa shape index (κ1) is 25.6. The normalized spacial score (nSPS) is 17.6. The Morgan fingerprint density at radius 3 is 2.63 bits per heavy atom. The summed E-state index contributed by atoms with van der Waals surface area (Å²) in [6.07, 6.45) is 3.56. The molecule has 1 aliphatic heterocycles. The van der Waals surface area contributed by atoms with Crippen LogP contribution in [0.25, 0.3) is 16.9 Å². The Labute approximate surface area is 219 Å². The third-order valence-corrected chi connectivity index (χ3v) is 6.65. The van der Waals surface area contributed by atoms with Crippen molar-refractivity contribution in [1.29, 1.82) is 0 Å². The van der Waals surface area contributed by atoms with Gasteiger partial charge < -0.3 is 10.1 Å². The van der Waals surface area contributed by atoms with Crippen molar-refractivity contribution in [1.82, 2.24) is 29.8 Å². The number of carbonyl (C=O) groups excluding carboxylic acids is 1. The highest BCUT2D eigenvalue weighted by Gasteiger charge is 2.35. The van der Waals surface area contributed by atoms with Crippen LogP contribution in [0.5, 0.6) is 0 Å². The van der Waals surface area contributed by atoms with E-state index in [1.165, 1.54) is 6.07 Å². The van der Waals surface area contributed by atoms with Crippen molar-refractivity contribution < 1.29 is 18.3 Å². The maximum absolute atomic E-state index is 14.0. The summed E-state index contributed by atoms with van der Waals surface area (Å²) < 4.78 is 36.2. The van der Waals surface area contributed by atoms with Crippen LogP contribution < -0.4 is 10.6 Å². The molecule has 2 aromatic heterocycles. The smallest absolute Gasteiger partial charge is 0.320 e. The van der Waals surface area contributed by atoms with E-state index in [9.17, 15) is 13.6 Å². The van der Waals surface area contributed by atoms with Crippen molar-refractivity contribution in [3.05, 3.63) is 84.2 Å². The van der Waals surface area contributed by atoms with Crippen molar-refractivity contribution in [3.8, 4) is 16.9 Å². The number of benzene rings is 2. The van der Waals surface area contributed by atoms with E-state index in [2.05, 4.69) is 20.6 Å². The molecule has 0 aliphatic carbocycles. The van der Waals surface area contributed by atoms with E-state index in [0.717, 1.165) is 17.3 Å². The number of para-hydroxylation sites is 1. The Morgan fingerprint density at radius 2 is 1.92 bits per heavy atom. The van der Waals surface area contributed by atoms with Gasteiger partial charge in [0.05, 0.1) is 30.2 Å². The molecule has 1 aliphatic rings. The summed E-state index contributed by atoms with van der Waals surface area (Å²) >= 11 is 0. The number of rotatable bonds is 8. The molecule has 2 atom stereocenters. The van der Waals surface area contributed by atoms with E-state index in [0.29, 0.717) is 43.3 Å². The van der Waals surface area contributed by atoms with Gasteiger partial charge >= 0.3 is 6.03 Å². The molecule has 0 unspecified atom stereocenters. The summed E-state index contributed by atoms with van der Waals surface area (Å²) in [5, 5.41) is 14.9. The fourth-order valence-corrected chi connectivity index (χ4v) is 4.77. The van der Waals surface area contributed by atoms with E-state index >= 15 is 0 Å². The zero-order chi connectivity index (χ0) is 26.6. The summed E-state index contributed by atoms with van der Waals surface area (Å²) in [6, 6.07) is 14.4. The van der Waals surface area contributed by atoms with Crippen molar-refractivity contribution in [2.45, 2.75) is 12.0 Å². The summed E-state index contributed by atoms with van der Waals surface area (Å²) in [5.41, 5.74) is 2.88. The van der Waals surface area contributed by atoms with E-state index in [-0.39, 0.29) is 12.0 Å². The first-order valence-electron chi connectivity index (χ1n) is 12.3. The Balaban J connectivity index is 1.38. The molecule has 1 fully saturated rings. The molecule has 0 spiro atoms. The minimum Gasteiger partial charge on any atom is -0.383 e. The SMILES string of the molecule is COCCN1C[C@@H](NC(=O)Nc2cc(-c3cnn(C)c3)nn2-c2ccccc2)[C@H](c2ccc(F)c(F)c2)C1. The molecule has 2 N–H and O–H groups in total. The van der Waals surface area contributed by atoms with Crippen LogP contribution in [0.2, 0.25) is 0 Å². The average Bonchev–Trinajstić information content (AvgIpc) is 3.63. The van der Waals surface area contributed by atoms with Crippen molar-refractivity contribution >= 4 is 11.8 Å². The number of aryl methyl sites for hydroxylation is 1. The van der Waals surface area contributed by atoms with Crippen LogP contribution in [-0.2, 0) is 11.8 Å². The first-order chi connectivity index (χ1) is 18.4. The van der Waals surface area contributed by atoms with Gasteiger partial charge in [-0.3, -0.25) is 14.9 Å². The molecule has 4 aromatic rings. The second-order valence-corrected chi connectivity index (χ2v) is 9.30. The molecule has 1 saturated heterocycles. The first-order valence-corrected chi connectivity index (χ1v) is 12.3. The number of hydrogen-bond acceptors (Lipinski definition) is 5. The summed E-state index contributed by atoms with van der Waals surface area (Å²) in [7, 11) is 3.45. The van der Waals surface area contributed by atoms with Gasteiger partial charge in [-0.05, 0) is 29.8 Å². The molecule has 0 saturated carbocycles. The zero-order valence-corrected chi connectivity index (χ0v) is 21.1. The topological polar surface area (TPSA) is 89.2 Å². The second kappa shape index (κ2) is 11.1. The average molecular weight is 522 g/mol. The molecule has 2 amide bonds. The van der Waals surface area contributed by atoms with Crippen LogP contribution in [0.15, 0.2) is 67.0 Å². The highest BCUT2D eigenvalue weighted by Crippen LogP contribution is 2.29. The van der Waals surface area contributed by atoms with Crippen molar-refractivity contribution in [2.75, 3.05) is 38.7 Å². The number of methoxy groups -OCH3 is 1. The number of likely N-dealkylation sites (tertiary alicyclic amines) is 1. The van der Waals surface area contributed by atoms with E-state index in [1.54, 1.807) is 34.8 Å². The van der Waals surface area contributed by atoms with Gasteiger partial charge in [-0.1, -0.05) is 24.3 Å². The number of hydrogen-bond donors (Lipinski definition) is 2. The largest absolute Gasteiger partial charge is 0.383 e. The predicted molar refractivity (Wildman–Crippen MR) is 139 cm³/mol. The van der Waals surface area contributed by atoms with Crippen LogP contribution in [-0.4, -0.2) is 69.9 Å². The highest BCUT2D eigenvalue weighted by molar-refractivity contribution is 5.89. The van der Waals surface area contributed by atoms with Crippen LogP contribution >= 0.6 is 0 Å². The maximum Gasteiger partial charge on any atom is 0.320 e. The van der Waals surface area contributed by atoms with Crippen molar-refractivity contribution in [3.63, 3.8) is 0 Å². The lowest BCUT2D eigenvalue weighted by Crippen LogP contribution is -2.42. The van der Waals surface area contributed by atoms with Gasteiger partial charge in [0, 0.05) is 57.5 Å². The minimum absolute atomic E-state index is 0.224. The fourth-order valence-electron chi connectivity index (χ4n) is 4.77. The molecule has 9 nitrogen and oxygen atoms in total.